The highest BCUT2D eigenvalue weighted by molar-refractivity contribution is 14.1. The summed E-state index contributed by atoms with van der Waals surface area (Å²) in [4.78, 5) is 8.21. The minimum absolute atomic E-state index is 0.845. The van der Waals surface area contributed by atoms with Crippen LogP contribution in [0.25, 0.3) is 0 Å². The molecule has 0 fully saturated rings. The number of anilines is 2. The molecule has 1 aromatic heterocycles. The molecule has 0 aliphatic rings. The van der Waals surface area contributed by atoms with E-state index in [2.05, 4.69) is 72.9 Å². The minimum atomic E-state index is 0.845. The molecule has 1 N–H and O–H groups in total. The van der Waals surface area contributed by atoms with Crippen molar-refractivity contribution in [3.05, 3.63) is 44.3 Å². The van der Waals surface area contributed by atoms with Crippen LogP contribution in [-0.4, -0.2) is 9.97 Å². The van der Waals surface area contributed by atoms with Crippen LogP contribution in [-0.2, 0) is 6.42 Å². The highest BCUT2D eigenvalue weighted by atomic mass is 127. The molecule has 3 nitrogen and oxygen atoms in total. The number of nitrogens with zero attached hydrogens (tertiary/aromatic N) is 2. The molecule has 0 spiro atoms. The van der Waals surface area contributed by atoms with Gasteiger partial charge in [-0.1, -0.05) is 22.9 Å². The van der Waals surface area contributed by atoms with Crippen LogP contribution in [0, 0.1) is 3.57 Å². The lowest BCUT2D eigenvalue weighted by molar-refractivity contribution is 1.12. The highest BCUT2D eigenvalue weighted by Crippen LogP contribution is 2.25. The van der Waals surface area contributed by atoms with E-state index in [1.54, 1.807) is 12.5 Å². The molecule has 0 aliphatic heterocycles. The summed E-state index contributed by atoms with van der Waals surface area (Å²) in [5.74, 6) is 0.845. The van der Waals surface area contributed by atoms with Gasteiger partial charge in [0.1, 0.15) is 12.1 Å². The van der Waals surface area contributed by atoms with Gasteiger partial charge in [0, 0.05) is 16.4 Å². The average molecular weight is 404 g/mol. The van der Waals surface area contributed by atoms with Crippen molar-refractivity contribution >= 4 is 50.0 Å². The molecule has 0 aliphatic carbocycles. The van der Waals surface area contributed by atoms with E-state index in [0.717, 1.165) is 26.0 Å². The summed E-state index contributed by atoms with van der Waals surface area (Å²) in [6, 6.07) is 6.20. The summed E-state index contributed by atoms with van der Waals surface area (Å²) < 4.78 is 2.10. The number of halogens is 2. The third kappa shape index (κ3) is 3.16. The maximum atomic E-state index is 4.23. The fourth-order valence-corrected chi connectivity index (χ4v) is 2.35. The highest BCUT2D eigenvalue weighted by Gasteiger charge is 2.05. The smallest absolute Gasteiger partial charge is 0.147 e. The monoisotopic (exact) mass is 403 g/mol. The minimum Gasteiger partial charge on any atom is -0.339 e. The quantitative estimate of drug-likeness (QED) is 0.782. The van der Waals surface area contributed by atoms with Crippen molar-refractivity contribution in [1.82, 2.24) is 9.97 Å². The van der Waals surface area contributed by atoms with E-state index in [4.69, 9.17) is 0 Å². The predicted molar refractivity (Wildman–Crippen MR) is 81.6 cm³/mol. The van der Waals surface area contributed by atoms with E-state index >= 15 is 0 Å². The molecule has 0 unspecified atom stereocenters. The molecule has 2 aromatic rings. The lowest BCUT2D eigenvalue weighted by atomic mass is 10.1. The SMILES string of the molecule is CCc1cc(Br)ccc1Nc1ncncc1I. The summed E-state index contributed by atoms with van der Waals surface area (Å²) in [6.45, 7) is 2.14. The largest absolute Gasteiger partial charge is 0.339 e. The van der Waals surface area contributed by atoms with E-state index in [-0.39, 0.29) is 0 Å². The second-order valence-corrected chi connectivity index (χ2v) is 5.58. The molecule has 0 amide bonds. The van der Waals surface area contributed by atoms with Crippen LogP contribution in [0.4, 0.5) is 11.5 Å². The zero-order valence-corrected chi connectivity index (χ0v) is 13.0. The van der Waals surface area contributed by atoms with Gasteiger partial charge in [-0.25, -0.2) is 9.97 Å². The van der Waals surface area contributed by atoms with E-state index in [0.29, 0.717) is 0 Å². The molecule has 0 saturated carbocycles. The van der Waals surface area contributed by atoms with Crippen molar-refractivity contribution in [2.24, 2.45) is 0 Å². The normalized spacial score (nSPS) is 10.3. The first kappa shape index (κ1) is 12.8. The van der Waals surface area contributed by atoms with Crippen LogP contribution in [0.2, 0.25) is 0 Å². The topological polar surface area (TPSA) is 37.8 Å². The van der Waals surface area contributed by atoms with Crippen LogP contribution >= 0.6 is 38.5 Å². The van der Waals surface area contributed by atoms with Gasteiger partial charge in [-0.3, -0.25) is 0 Å². The number of benzene rings is 1. The predicted octanol–water partition coefficient (Wildman–Crippen LogP) is 4.15. The van der Waals surface area contributed by atoms with Gasteiger partial charge in [0.2, 0.25) is 0 Å². The van der Waals surface area contributed by atoms with Crippen molar-refractivity contribution in [1.29, 1.82) is 0 Å². The third-order valence-electron chi connectivity index (χ3n) is 2.37. The molecular formula is C12H11BrIN3. The first-order valence-corrected chi connectivity index (χ1v) is 7.09. The molecule has 88 valence electrons. The summed E-state index contributed by atoms with van der Waals surface area (Å²) in [6.07, 6.45) is 4.32. The van der Waals surface area contributed by atoms with E-state index in [9.17, 15) is 0 Å². The fraction of sp³-hybridized carbons (Fsp3) is 0.167. The van der Waals surface area contributed by atoms with Gasteiger partial charge < -0.3 is 5.32 Å². The molecule has 0 atom stereocenters. The van der Waals surface area contributed by atoms with Gasteiger partial charge in [0.05, 0.1) is 3.57 Å². The average Bonchev–Trinajstić information content (AvgIpc) is 2.34. The Morgan fingerprint density at radius 2 is 2.24 bits per heavy atom. The molecule has 0 bridgehead atoms. The van der Waals surface area contributed by atoms with Gasteiger partial charge in [-0.15, -0.1) is 0 Å². The van der Waals surface area contributed by atoms with Crippen molar-refractivity contribution in [3.8, 4) is 0 Å². The molecule has 5 heteroatoms. The second kappa shape index (κ2) is 5.77. The van der Waals surface area contributed by atoms with Gasteiger partial charge in [-0.2, -0.15) is 0 Å². The van der Waals surface area contributed by atoms with Crippen LogP contribution in [0.5, 0.6) is 0 Å². The lowest BCUT2D eigenvalue weighted by Gasteiger charge is -2.11. The number of nitrogens with one attached hydrogen (secondary N) is 1. The Labute approximate surface area is 122 Å². The summed E-state index contributed by atoms with van der Waals surface area (Å²) in [5.41, 5.74) is 2.35. The van der Waals surface area contributed by atoms with Gasteiger partial charge in [-0.05, 0) is 52.8 Å². The molecule has 2 rings (SSSR count). The van der Waals surface area contributed by atoms with Crippen LogP contribution in [0.3, 0.4) is 0 Å². The van der Waals surface area contributed by atoms with Crippen molar-refractivity contribution in [2.45, 2.75) is 13.3 Å². The van der Waals surface area contributed by atoms with Crippen molar-refractivity contribution in [3.63, 3.8) is 0 Å². The van der Waals surface area contributed by atoms with Crippen LogP contribution < -0.4 is 5.32 Å². The maximum Gasteiger partial charge on any atom is 0.147 e. The molecule has 0 saturated heterocycles. The van der Waals surface area contributed by atoms with E-state index in [1.165, 1.54) is 5.56 Å². The molecular weight excluding hydrogens is 393 g/mol. The Morgan fingerprint density at radius 3 is 2.94 bits per heavy atom. The molecule has 1 aromatic carbocycles. The number of hydrogen-bond donors (Lipinski definition) is 1. The Balaban J connectivity index is 2.33. The molecule has 17 heavy (non-hydrogen) atoms. The molecule has 1 heterocycles. The number of rotatable bonds is 3. The first-order chi connectivity index (χ1) is 8.20. The number of hydrogen-bond acceptors (Lipinski definition) is 3. The number of aromatic nitrogens is 2. The first-order valence-electron chi connectivity index (χ1n) is 5.21. The Hall–Kier alpha value is -0.690. The standard InChI is InChI=1S/C12H11BrIN3/c1-2-8-5-9(13)3-4-11(8)17-12-10(14)6-15-7-16-12/h3-7H,2H2,1H3,(H,15,16,17). The Kier molecular flexibility index (Phi) is 4.33. The summed E-state index contributed by atoms with van der Waals surface area (Å²) in [7, 11) is 0. The zero-order chi connectivity index (χ0) is 12.3. The Morgan fingerprint density at radius 1 is 1.41 bits per heavy atom. The van der Waals surface area contributed by atoms with Crippen LogP contribution in [0.1, 0.15) is 12.5 Å². The number of aryl methyl sites for hydroxylation is 1. The van der Waals surface area contributed by atoms with Crippen molar-refractivity contribution in [2.75, 3.05) is 5.32 Å². The maximum absolute atomic E-state index is 4.23. The lowest BCUT2D eigenvalue weighted by Crippen LogP contribution is -1.99. The Bertz CT molecular complexity index is 531. The van der Waals surface area contributed by atoms with Crippen molar-refractivity contribution < 1.29 is 0 Å². The molecule has 0 radical (unpaired) electrons. The summed E-state index contributed by atoms with van der Waals surface area (Å²) in [5, 5.41) is 3.34. The second-order valence-electron chi connectivity index (χ2n) is 3.50. The fourth-order valence-electron chi connectivity index (χ4n) is 1.51. The van der Waals surface area contributed by atoms with Gasteiger partial charge in [0.15, 0.2) is 0 Å². The zero-order valence-electron chi connectivity index (χ0n) is 9.24. The van der Waals surface area contributed by atoms with Crippen LogP contribution in [0.15, 0.2) is 35.2 Å². The van der Waals surface area contributed by atoms with Gasteiger partial charge >= 0.3 is 0 Å². The van der Waals surface area contributed by atoms with Gasteiger partial charge in [0.25, 0.3) is 0 Å². The third-order valence-corrected chi connectivity index (χ3v) is 3.65. The summed E-state index contributed by atoms with van der Waals surface area (Å²) >= 11 is 5.70. The van der Waals surface area contributed by atoms with E-state index < -0.39 is 0 Å². The van der Waals surface area contributed by atoms with E-state index in [1.807, 2.05) is 6.07 Å².